The van der Waals surface area contributed by atoms with E-state index in [-0.39, 0.29) is 23.5 Å². The molecular formula is C19H26N2O5S. The van der Waals surface area contributed by atoms with Crippen LogP contribution in [0.3, 0.4) is 0 Å². The molecule has 7 nitrogen and oxygen atoms in total. The van der Waals surface area contributed by atoms with E-state index in [9.17, 15) is 13.2 Å². The molecule has 3 heterocycles. The molecule has 1 aromatic rings. The van der Waals surface area contributed by atoms with Crippen LogP contribution in [-0.4, -0.2) is 56.5 Å². The fourth-order valence-electron chi connectivity index (χ4n) is 4.18. The second kappa shape index (κ2) is 7.31. The molecule has 8 heteroatoms. The van der Waals surface area contributed by atoms with Crippen molar-refractivity contribution in [3.63, 3.8) is 0 Å². The van der Waals surface area contributed by atoms with Crippen molar-refractivity contribution in [2.45, 2.75) is 37.5 Å². The molecule has 0 saturated carbocycles. The van der Waals surface area contributed by atoms with E-state index in [1.54, 1.807) is 12.1 Å². The highest BCUT2D eigenvalue weighted by Gasteiger charge is 2.35. The van der Waals surface area contributed by atoms with Crippen LogP contribution in [0, 0.1) is 11.8 Å². The zero-order valence-corrected chi connectivity index (χ0v) is 16.4. The second-order valence-corrected chi connectivity index (χ2v) is 9.66. The van der Waals surface area contributed by atoms with Crippen LogP contribution in [0.4, 0.5) is 0 Å². The van der Waals surface area contributed by atoms with Crippen LogP contribution in [-0.2, 0) is 14.8 Å². The predicted molar refractivity (Wildman–Crippen MR) is 99.0 cm³/mol. The Bertz CT molecular complexity index is 817. The summed E-state index contributed by atoms with van der Waals surface area (Å²) in [5, 5.41) is 0. The number of nitrogens with zero attached hydrogens (tertiary/aromatic N) is 2. The van der Waals surface area contributed by atoms with Crippen molar-refractivity contribution < 1.29 is 22.7 Å². The highest BCUT2D eigenvalue weighted by molar-refractivity contribution is 7.89. The highest BCUT2D eigenvalue weighted by Crippen LogP contribution is 2.35. The molecule has 0 radical (unpaired) electrons. The van der Waals surface area contributed by atoms with Crippen molar-refractivity contribution in [3.8, 4) is 11.5 Å². The first-order chi connectivity index (χ1) is 12.9. The first-order valence-electron chi connectivity index (χ1n) is 9.64. The minimum atomic E-state index is -3.59. The van der Waals surface area contributed by atoms with Crippen molar-refractivity contribution in [1.29, 1.82) is 0 Å². The Labute approximate surface area is 160 Å². The van der Waals surface area contributed by atoms with E-state index in [1.807, 2.05) is 4.90 Å². The number of sulfonamides is 1. The molecule has 3 aliphatic rings. The van der Waals surface area contributed by atoms with E-state index in [2.05, 4.69) is 6.92 Å². The van der Waals surface area contributed by atoms with Gasteiger partial charge in [-0.25, -0.2) is 8.42 Å². The Morgan fingerprint density at radius 2 is 1.81 bits per heavy atom. The summed E-state index contributed by atoms with van der Waals surface area (Å²) in [6, 6.07) is 4.70. The zero-order chi connectivity index (χ0) is 19.0. The van der Waals surface area contributed by atoms with Gasteiger partial charge >= 0.3 is 0 Å². The van der Waals surface area contributed by atoms with Gasteiger partial charge in [-0.05, 0) is 43.7 Å². The van der Waals surface area contributed by atoms with Crippen LogP contribution < -0.4 is 9.47 Å². The number of piperidine rings is 2. The lowest BCUT2D eigenvalue weighted by Crippen LogP contribution is -2.46. The van der Waals surface area contributed by atoms with Crippen molar-refractivity contribution in [2.75, 3.05) is 33.0 Å². The molecule has 148 valence electrons. The number of benzene rings is 1. The second-order valence-electron chi connectivity index (χ2n) is 7.73. The van der Waals surface area contributed by atoms with Gasteiger partial charge < -0.3 is 14.4 Å². The van der Waals surface area contributed by atoms with Gasteiger partial charge in [0, 0.05) is 38.2 Å². The normalized spacial score (nSPS) is 24.2. The molecule has 27 heavy (non-hydrogen) atoms. The zero-order valence-electron chi connectivity index (χ0n) is 15.6. The predicted octanol–water partition coefficient (Wildman–Crippen LogP) is 2.07. The summed E-state index contributed by atoms with van der Waals surface area (Å²) in [6.45, 7) is 4.70. The van der Waals surface area contributed by atoms with Gasteiger partial charge in [-0.15, -0.1) is 0 Å². The third kappa shape index (κ3) is 3.65. The molecule has 2 fully saturated rings. The minimum Gasteiger partial charge on any atom is -0.454 e. The molecule has 1 atom stereocenters. The fraction of sp³-hybridized carbons (Fsp3) is 0.632. The van der Waals surface area contributed by atoms with E-state index in [1.165, 1.54) is 16.8 Å². The Morgan fingerprint density at radius 1 is 1.07 bits per heavy atom. The van der Waals surface area contributed by atoms with E-state index >= 15 is 0 Å². The average Bonchev–Trinajstić information content (AvgIpc) is 3.15. The van der Waals surface area contributed by atoms with Crippen molar-refractivity contribution in [3.05, 3.63) is 18.2 Å². The highest BCUT2D eigenvalue weighted by atomic mass is 32.2. The van der Waals surface area contributed by atoms with Crippen LogP contribution in [0.5, 0.6) is 11.5 Å². The summed E-state index contributed by atoms with van der Waals surface area (Å²) < 4.78 is 37.9. The molecule has 2 saturated heterocycles. The number of fused-ring (bicyclic) bond motifs is 1. The summed E-state index contributed by atoms with van der Waals surface area (Å²) >= 11 is 0. The lowest BCUT2D eigenvalue weighted by Gasteiger charge is -2.36. The average molecular weight is 394 g/mol. The number of likely N-dealkylation sites (tertiary alicyclic amines) is 1. The summed E-state index contributed by atoms with van der Waals surface area (Å²) in [7, 11) is -3.59. The standard InChI is InChI=1S/C19H26N2O5S/c1-14-3-2-8-20(12-14)19(22)15-6-9-21(10-7-15)27(23,24)16-4-5-17-18(11-16)26-13-25-17/h4-5,11,14-15H,2-3,6-10,12-13H2,1H3. The summed E-state index contributed by atoms with van der Waals surface area (Å²) in [5.41, 5.74) is 0. The van der Waals surface area contributed by atoms with Crippen LogP contribution in [0.15, 0.2) is 23.1 Å². The number of hydrogen-bond donors (Lipinski definition) is 0. The van der Waals surface area contributed by atoms with Gasteiger partial charge in [-0.2, -0.15) is 4.31 Å². The lowest BCUT2D eigenvalue weighted by atomic mass is 9.93. The van der Waals surface area contributed by atoms with E-state index in [0.29, 0.717) is 43.3 Å². The van der Waals surface area contributed by atoms with Crippen LogP contribution in [0.25, 0.3) is 0 Å². The van der Waals surface area contributed by atoms with Gasteiger partial charge in [-0.1, -0.05) is 6.92 Å². The molecule has 0 spiro atoms. The monoisotopic (exact) mass is 394 g/mol. The first kappa shape index (κ1) is 18.6. The number of carbonyl (C=O) groups excluding carboxylic acids is 1. The van der Waals surface area contributed by atoms with E-state index in [0.717, 1.165) is 19.5 Å². The number of carbonyl (C=O) groups is 1. The first-order valence-corrected chi connectivity index (χ1v) is 11.1. The molecule has 0 aromatic heterocycles. The molecular weight excluding hydrogens is 368 g/mol. The molecule has 4 rings (SSSR count). The molecule has 3 aliphatic heterocycles. The van der Waals surface area contributed by atoms with Crippen molar-refractivity contribution in [2.24, 2.45) is 11.8 Å². The third-order valence-corrected chi connectivity index (χ3v) is 7.65. The molecule has 1 aromatic carbocycles. The Kier molecular flexibility index (Phi) is 5.03. The van der Waals surface area contributed by atoms with E-state index < -0.39 is 10.0 Å². The topological polar surface area (TPSA) is 76.2 Å². The number of rotatable bonds is 3. The van der Waals surface area contributed by atoms with Gasteiger partial charge in [0.25, 0.3) is 0 Å². The quantitative estimate of drug-likeness (QED) is 0.785. The molecule has 0 N–H and O–H groups in total. The van der Waals surface area contributed by atoms with Gasteiger partial charge in [0.1, 0.15) is 0 Å². The summed E-state index contributed by atoms with van der Waals surface area (Å²) in [5.74, 6) is 1.70. The van der Waals surface area contributed by atoms with Crippen molar-refractivity contribution in [1.82, 2.24) is 9.21 Å². The molecule has 1 unspecified atom stereocenters. The Hall–Kier alpha value is -1.80. The number of amides is 1. The van der Waals surface area contributed by atoms with Crippen LogP contribution in [0.1, 0.15) is 32.6 Å². The summed E-state index contributed by atoms with van der Waals surface area (Å²) in [4.78, 5) is 15.0. The molecule has 0 aliphatic carbocycles. The van der Waals surface area contributed by atoms with E-state index in [4.69, 9.17) is 9.47 Å². The third-order valence-electron chi connectivity index (χ3n) is 5.75. The summed E-state index contributed by atoms with van der Waals surface area (Å²) in [6.07, 6.45) is 3.39. The van der Waals surface area contributed by atoms with Gasteiger partial charge in [-0.3, -0.25) is 4.79 Å². The minimum absolute atomic E-state index is 0.0708. The Balaban J connectivity index is 1.40. The fourth-order valence-corrected chi connectivity index (χ4v) is 5.66. The van der Waals surface area contributed by atoms with Crippen LogP contribution >= 0.6 is 0 Å². The number of ether oxygens (including phenoxy) is 2. The van der Waals surface area contributed by atoms with Crippen LogP contribution in [0.2, 0.25) is 0 Å². The molecule has 1 amide bonds. The van der Waals surface area contributed by atoms with Gasteiger partial charge in [0.05, 0.1) is 4.90 Å². The maximum Gasteiger partial charge on any atom is 0.243 e. The van der Waals surface area contributed by atoms with Gasteiger partial charge in [0.15, 0.2) is 11.5 Å². The van der Waals surface area contributed by atoms with Gasteiger partial charge in [0.2, 0.25) is 22.7 Å². The SMILES string of the molecule is CC1CCCN(C(=O)C2CCN(S(=O)(=O)c3ccc4c(c3)OCO4)CC2)C1. The lowest BCUT2D eigenvalue weighted by molar-refractivity contribution is -0.138. The molecule has 0 bridgehead atoms. The Morgan fingerprint density at radius 3 is 2.56 bits per heavy atom. The maximum atomic E-state index is 12.9. The van der Waals surface area contributed by atoms with Crippen molar-refractivity contribution >= 4 is 15.9 Å². The maximum absolute atomic E-state index is 12.9. The number of hydrogen-bond acceptors (Lipinski definition) is 5. The largest absolute Gasteiger partial charge is 0.454 e. The smallest absolute Gasteiger partial charge is 0.243 e.